The van der Waals surface area contributed by atoms with Crippen LogP contribution in [0, 0.1) is 0 Å². The quantitative estimate of drug-likeness (QED) is 0.851. The molecule has 1 atom stereocenters. The Bertz CT molecular complexity index is 601. The number of aryl methyl sites for hydroxylation is 1. The van der Waals surface area contributed by atoms with Gasteiger partial charge in [0.15, 0.2) is 0 Å². The molecule has 1 aromatic heterocycles. The van der Waals surface area contributed by atoms with E-state index >= 15 is 0 Å². The predicted molar refractivity (Wildman–Crippen MR) is 64.3 cm³/mol. The van der Waals surface area contributed by atoms with Gasteiger partial charge >= 0.3 is 11.7 Å². The first-order valence-electron chi connectivity index (χ1n) is 5.46. The van der Waals surface area contributed by atoms with E-state index in [2.05, 4.69) is 5.10 Å². The van der Waals surface area contributed by atoms with Gasteiger partial charge in [-0.1, -0.05) is 30.3 Å². The molecule has 2 rings (SSSR count). The molecule has 0 spiro atoms. The van der Waals surface area contributed by atoms with Gasteiger partial charge in [0, 0.05) is 7.05 Å². The minimum Gasteiger partial charge on any atom is -0.481 e. The highest BCUT2D eigenvalue weighted by Crippen LogP contribution is 2.16. The summed E-state index contributed by atoms with van der Waals surface area (Å²) in [4.78, 5) is 22.9. The molecule has 0 amide bonds. The SMILES string of the molecule is Cn1cnn(CC(C(=O)O)c2ccccc2)c1=O. The number of hydrogen-bond acceptors (Lipinski definition) is 3. The first-order chi connectivity index (χ1) is 8.59. The number of aliphatic carboxylic acids is 1. The molecule has 6 nitrogen and oxygen atoms in total. The number of carbonyl (C=O) groups is 1. The molecule has 0 saturated heterocycles. The van der Waals surface area contributed by atoms with E-state index in [1.165, 1.54) is 10.9 Å². The fourth-order valence-corrected chi connectivity index (χ4v) is 1.73. The van der Waals surface area contributed by atoms with Gasteiger partial charge in [-0.2, -0.15) is 5.10 Å². The minimum atomic E-state index is -0.973. The number of rotatable bonds is 4. The zero-order chi connectivity index (χ0) is 13.1. The number of carboxylic acids is 1. The second kappa shape index (κ2) is 4.87. The number of aromatic nitrogens is 3. The fraction of sp³-hybridized carbons (Fsp3) is 0.250. The maximum absolute atomic E-state index is 11.6. The standard InChI is InChI=1S/C12H13N3O3/c1-14-8-13-15(12(14)18)7-10(11(16)17)9-5-3-2-4-6-9/h2-6,8,10H,7H2,1H3,(H,16,17). The Kier molecular flexibility index (Phi) is 3.27. The molecule has 94 valence electrons. The second-order valence-corrected chi connectivity index (χ2v) is 4.01. The van der Waals surface area contributed by atoms with Crippen molar-refractivity contribution in [3.05, 3.63) is 52.7 Å². The lowest BCUT2D eigenvalue weighted by molar-refractivity contribution is -0.139. The third-order valence-corrected chi connectivity index (χ3v) is 2.74. The molecule has 0 bridgehead atoms. The van der Waals surface area contributed by atoms with Crippen molar-refractivity contribution < 1.29 is 9.90 Å². The zero-order valence-corrected chi connectivity index (χ0v) is 9.85. The van der Waals surface area contributed by atoms with Gasteiger partial charge < -0.3 is 5.11 Å². The van der Waals surface area contributed by atoms with Crippen molar-refractivity contribution in [2.45, 2.75) is 12.5 Å². The summed E-state index contributed by atoms with van der Waals surface area (Å²) in [6, 6.07) is 8.81. The number of nitrogens with zero attached hydrogens (tertiary/aromatic N) is 3. The van der Waals surface area contributed by atoms with Crippen molar-refractivity contribution in [2.75, 3.05) is 0 Å². The van der Waals surface area contributed by atoms with Gasteiger partial charge in [0.1, 0.15) is 12.2 Å². The molecule has 1 N–H and O–H groups in total. The molecule has 1 heterocycles. The summed E-state index contributed by atoms with van der Waals surface area (Å²) in [6.07, 6.45) is 1.37. The molecule has 1 unspecified atom stereocenters. The van der Waals surface area contributed by atoms with E-state index in [0.29, 0.717) is 5.56 Å². The van der Waals surface area contributed by atoms with Crippen LogP contribution in [0.5, 0.6) is 0 Å². The van der Waals surface area contributed by atoms with Crippen molar-refractivity contribution in [3.8, 4) is 0 Å². The van der Waals surface area contributed by atoms with Crippen molar-refractivity contribution >= 4 is 5.97 Å². The molecule has 1 aromatic carbocycles. The molecule has 0 aliphatic heterocycles. The van der Waals surface area contributed by atoms with Crippen LogP contribution in [0.1, 0.15) is 11.5 Å². The van der Waals surface area contributed by atoms with Crippen LogP contribution in [0.2, 0.25) is 0 Å². The van der Waals surface area contributed by atoms with Gasteiger partial charge in [0.05, 0.1) is 6.54 Å². The molecule has 0 fully saturated rings. The van der Waals surface area contributed by atoms with Crippen molar-refractivity contribution in [1.82, 2.24) is 14.3 Å². The maximum Gasteiger partial charge on any atom is 0.345 e. The number of hydrogen-bond donors (Lipinski definition) is 1. The summed E-state index contributed by atoms with van der Waals surface area (Å²) in [5.41, 5.74) is 0.333. The van der Waals surface area contributed by atoms with Gasteiger partial charge in [0.25, 0.3) is 0 Å². The largest absolute Gasteiger partial charge is 0.481 e. The summed E-state index contributed by atoms with van der Waals surface area (Å²) < 4.78 is 2.47. The van der Waals surface area contributed by atoms with E-state index < -0.39 is 11.9 Å². The Balaban J connectivity index is 2.31. The molecular weight excluding hydrogens is 234 g/mol. The average molecular weight is 247 g/mol. The van der Waals surface area contributed by atoms with E-state index in [-0.39, 0.29) is 12.2 Å². The molecule has 0 radical (unpaired) electrons. The van der Waals surface area contributed by atoms with Crippen LogP contribution in [0.15, 0.2) is 41.5 Å². The first kappa shape index (κ1) is 12.1. The van der Waals surface area contributed by atoms with Crippen LogP contribution < -0.4 is 5.69 Å². The van der Waals surface area contributed by atoms with Crippen LogP contribution in [0.4, 0.5) is 0 Å². The maximum atomic E-state index is 11.6. The monoisotopic (exact) mass is 247 g/mol. The molecule has 2 aromatic rings. The smallest absolute Gasteiger partial charge is 0.345 e. The van der Waals surface area contributed by atoms with Crippen molar-refractivity contribution in [1.29, 1.82) is 0 Å². The summed E-state index contributed by atoms with van der Waals surface area (Å²) in [6.45, 7) is 0.0268. The zero-order valence-electron chi connectivity index (χ0n) is 9.85. The van der Waals surface area contributed by atoms with Gasteiger partial charge in [-0.05, 0) is 5.56 Å². The Morgan fingerprint density at radius 3 is 2.56 bits per heavy atom. The Morgan fingerprint density at radius 1 is 1.39 bits per heavy atom. The van der Waals surface area contributed by atoms with Crippen molar-refractivity contribution in [3.63, 3.8) is 0 Å². The summed E-state index contributed by atoms with van der Waals surface area (Å²) in [5.74, 6) is -1.75. The molecule has 0 saturated carbocycles. The lowest BCUT2D eigenvalue weighted by Gasteiger charge is -2.11. The summed E-state index contributed by atoms with van der Waals surface area (Å²) in [5, 5.41) is 13.1. The average Bonchev–Trinajstić information content (AvgIpc) is 2.68. The van der Waals surface area contributed by atoms with E-state index in [4.69, 9.17) is 0 Å². The fourth-order valence-electron chi connectivity index (χ4n) is 1.73. The predicted octanol–water partition coefficient (Wildman–Crippen LogP) is 0.450. The Hall–Kier alpha value is -2.37. The van der Waals surface area contributed by atoms with Crippen LogP contribution in [0.3, 0.4) is 0 Å². The van der Waals surface area contributed by atoms with Crippen LogP contribution in [-0.2, 0) is 18.4 Å². The summed E-state index contributed by atoms with van der Waals surface area (Å²) in [7, 11) is 1.57. The highest BCUT2D eigenvalue weighted by molar-refractivity contribution is 5.75. The van der Waals surface area contributed by atoms with Gasteiger partial charge in [-0.25, -0.2) is 9.48 Å². The van der Waals surface area contributed by atoms with E-state index in [0.717, 1.165) is 4.68 Å². The lowest BCUT2D eigenvalue weighted by Crippen LogP contribution is -2.28. The topological polar surface area (TPSA) is 77.1 Å². The molecule has 0 aliphatic rings. The van der Waals surface area contributed by atoms with Crippen LogP contribution >= 0.6 is 0 Å². The molecule has 6 heteroatoms. The third kappa shape index (κ3) is 2.32. The minimum absolute atomic E-state index is 0.0268. The highest BCUT2D eigenvalue weighted by Gasteiger charge is 2.21. The Morgan fingerprint density at radius 2 is 2.06 bits per heavy atom. The van der Waals surface area contributed by atoms with E-state index in [1.807, 2.05) is 6.07 Å². The van der Waals surface area contributed by atoms with Crippen LogP contribution in [-0.4, -0.2) is 25.4 Å². The number of benzene rings is 1. The normalized spacial score (nSPS) is 12.3. The van der Waals surface area contributed by atoms with Crippen LogP contribution in [0.25, 0.3) is 0 Å². The van der Waals surface area contributed by atoms with E-state index in [9.17, 15) is 14.7 Å². The number of carboxylic acid groups (broad SMARTS) is 1. The van der Waals surface area contributed by atoms with Crippen molar-refractivity contribution in [2.24, 2.45) is 7.05 Å². The van der Waals surface area contributed by atoms with Gasteiger partial charge in [-0.15, -0.1) is 0 Å². The third-order valence-electron chi connectivity index (χ3n) is 2.74. The van der Waals surface area contributed by atoms with Gasteiger partial charge in [-0.3, -0.25) is 9.36 Å². The van der Waals surface area contributed by atoms with Gasteiger partial charge in [0.2, 0.25) is 0 Å². The summed E-state index contributed by atoms with van der Waals surface area (Å²) >= 11 is 0. The lowest BCUT2D eigenvalue weighted by atomic mass is 9.99. The highest BCUT2D eigenvalue weighted by atomic mass is 16.4. The Labute approximate surface area is 103 Å². The second-order valence-electron chi connectivity index (χ2n) is 4.01. The first-order valence-corrected chi connectivity index (χ1v) is 5.46. The molecule has 0 aliphatic carbocycles. The molecule has 18 heavy (non-hydrogen) atoms. The van der Waals surface area contributed by atoms with E-state index in [1.54, 1.807) is 31.3 Å². The molecular formula is C12H13N3O3.